The van der Waals surface area contributed by atoms with E-state index in [1.807, 2.05) is 19.9 Å². The summed E-state index contributed by atoms with van der Waals surface area (Å²) in [5.41, 5.74) is 10.4. The van der Waals surface area contributed by atoms with Crippen molar-refractivity contribution < 1.29 is 4.74 Å². The molecule has 1 aromatic heterocycles. The van der Waals surface area contributed by atoms with Gasteiger partial charge in [0.1, 0.15) is 5.75 Å². The number of fused-ring (bicyclic) bond motifs is 1. The molecule has 0 saturated carbocycles. The lowest BCUT2D eigenvalue weighted by Gasteiger charge is -2.19. The maximum atomic E-state index is 6.25. The Morgan fingerprint density at radius 3 is 2.41 bits per heavy atom. The summed E-state index contributed by atoms with van der Waals surface area (Å²) < 4.78 is 5.42. The van der Waals surface area contributed by atoms with Gasteiger partial charge in [0.2, 0.25) is 0 Å². The first-order chi connectivity index (χ1) is 7.84. The fourth-order valence-corrected chi connectivity index (χ4v) is 2.52. The smallest absolute Gasteiger partial charge is 0.143 e. The molecule has 3 N–H and O–H groups in total. The number of methoxy groups -OCH3 is 1. The number of benzene rings is 1. The molecule has 2 rings (SSSR count). The predicted molar refractivity (Wildman–Crippen MR) is 71.5 cm³/mol. The zero-order chi connectivity index (χ0) is 12.8. The SMILES string of the molecule is COc1cc(C)cc2c(C(C)(C)N)c(C)[nH]c12. The van der Waals surface area contributed by atoms with E-state index in [9.17, 15) is 0 Å². The van der Waals surface area contributed by atoms with Crippen molar-refractivity contribution in [1.82, 2.24) is 4.98 Å². The van der Waals surface area contributed by atoms with Crippen molar-refractivity contribution in [1.29, 1.82) is 0 Å². The first-order valence-corrected chi connectivity index (χ1v) is 5.81. The molecule has 1 aromatic carbocycles. The third-order valence-electron chi connectivity index (χ3n) is 3.07. The van der Waals surface area contributed by atoms with Crippen molar-refractivity contribution in [3.05, 3.63) is 29.0 Å². The van der Waals surface area contributed by atoms with Crippen LogP contribution in [0.1, 0.15) is 30.7 Å². The Morgan fingerprint density at radius 2 is 1.88 bits per heavy atom. The molecular weight excluding hydrogens is 212 g/mol. The molecule has 0 amide bonds. The molecular formula is C14H20N2O. The molecule has 0 aliphatic rings. The summed E-state index contributed by atoms with van der Waals surface area (Å²) in [6, 6.07) is 4.19. The number of ether oxygens (including phenoxy) is 1. The van der Waals surface area contributed by atoms with Crippen LogP contribution in [0.4, 0.5) is 0 Å². The van der Waals surface area contributed by atoms with Crippen LogP contribution in [0.25, 0.3) is 10.9 Å². The zero-order valence-electron chi connectivity index (χ0n) is 11.1. The van der Waals surface area contributed by atoms with Crippen molar-refractivity contribution in [2.24, 2.45) is 5.73 Å². The average molecular weight is 232 g/mol. The van der Waals surface area contributed by atoms with Crippen LogP contribution in [0.15, 0.2) is 12.1 Å². The highest BCUT2D eigenvalue weighted by atomic mass is 16.5. The van der Waals surface area contributed by atoms with Gasteiger partial charge >= 0.3 is 0 Å². The molecule has 0 saturated heterocycles. The van der Waals surface area contributed by atoms with Gasteiger partial charge in [-0.15, -0.1) is 0 Å². The number of aryl methyl sites for hydroxylation is 2. The lowest BCUT2D eigenvalue weighted by molar-refractivity contribution is 0.418. The Balaban J connectivity index is 2.87. The number of nitrogens with two attached hydrogens (primary N) is 1. The van der Waals surface area contributed by atoms with Crippen LogP contribution in [0.5, 0.6) is 5.75 Å². The van der Waals surface area contributed by atoms with Gasteiger partial charge < -0.3 is 15.5 Å². The minimum atomic E-state index is -0.360. The molecule has 3 nitrogen and oxygen atoms in total. The van der Waals surface area contributed by atoms with Crippen LogP contribution >= 0.6 is 0 Å². The van der Waals surface area contributed by atoms with Crippen LogP contribution in [0.3, 0.4) is 0 Å². The summed E-state index contributed by atoms with van der Waals surface area (Å²) in [5.74, 6) is 0.874. The number of H-pyrrole nitrogens is 1. The van der Waals surface area contributed by atoms with E-state index < -0.39 is 0 Å². The van der Waals surface area contributed by atoms with Crippen molar-refractivity contribution in [3.8, 4) is 5.75 Å². The van der Waals surface area contributed by atoms with Gasteiger partial charge in [-0.2, -0.15) is 0 Å². The first kappa shape index (κ1) is 12.0. The average Bonchev–Trinajstić information content (AvgIpc) is 2.51. The van der Waals surface area contributed by atoms with E-state index in [-0.39, 0.29) is 5.54 Å². The highest BCUT2D eigenvalue weighted by Gasteiger charge is 2.23. The van der Waals surface area contributed by atoms with Crippen LogP contribution in [-0.2, 0) is 5.54 Å². The molecule has 3 heteroatoms. The van der Waals surface area contributed by atoms with Crippen LogP contribution in [-0.4, -0.2) is 12.1 Å². The summed E-state index contributed by atoms with van der Waals surface area (Å²) in [7, 11) is 1.69. The molecule has 0 unspecified atom stereocenters. The van der Waals surface area contributed by atoms with Gasteiger partial charge in [-0.3, -0.25) is 0 Å². The van der Waals surface area contributed by atoms with Gasteiger partial charge in [-0.05, 0) is 51.0 Å². The highest BCUT2D eigenvalue weighted by molar-refractivity contribution is 5.91. The van der Waals surface area contributed by atoms with E-state index in [1.54, 1.807) is 7.11 Å². The number of hydrogen-bond donors (Lipinski definition) is 2. The van der Waals surface area contributed by atoms with E-state index in [1.165, 1.54) is 5.56 Å². The predicted octanol–water partition coefficient (Wildman–Crippen LogP) is 2.99. The standard InChI is InChI=1S/C14H20N2O/c1-8-6-10-12(14(3,4)15)9(2)16-13(10)11(7-8)17-5/h6-7,16H,15H2,1-5H3. The quantitative estimate of drug-likeness (QED) is 0.836. The van der Waals surface area contributed by atoms with Crippen molar-refractivity contribution >= 4 is 10.9 Å². The van der Waals surface area contributed by atoms with E-state index >= 15 is 0 Å². The molecule has 17 heavy (non-hydrogen) atoms. The Hall–Kier alpha value is -1.48. The maximum Gasteiger partial charge on any atom is 0.143 e. The topological polar surface area (TPSA) is 51.0 Å². The van der Waals surface area contributed by atoms with Crippen molar-refractivity contribution in [3.63, 3.8) is 0 Å². The molecule has 0 aliphatic carbocycles. The molecule has 0 atom stereocenters. The number of rotatable bonds is 2. The third kappa shape index (κ3) is 1.91. The number of aromatic amines is 1. The molecule has 92 valence electrons. The van der Waals surface area contributed by atoms with Gasteiger partial charge in [0.05, 0.1) is 12.6 Å². The Kier molecular flexibility index (Phi) is 2.66. The molecule has 1 heterocycles. The van der Waals surface area contributed by atoms with Gasteiger partial charge in [-0.1, -0.05) is 0 Å². The largest absolute Gasteiger partial charge is 0.495 e. The molecule has 2 aromatic rings. The number of hydrogen-bond acceptors (Lipinski definition) is 2. The number of aromatic nitrogens is 1. The fourth-order valence-electron chi connectivity index (χ4n) is 2.52. The van der Waals surface area contributed by atoms with Crippen LogP contribution in [0, 0.1) is 13.8 Å². The van der Waals surface area contributed by atoms with E-state index in [0.717, 1.165) is 27.9 Å². The second-order valence-corrected chi connectivity index (χ2v) is 5.24. The minimum absolute atomic E-state index is 0.360. The van der Waals surface area contributed by atoms with Gasteiger partial charge in [-0.25, -0.2) is 0 Å². The molecule has 0 aliphatic heterocycles. The van der Waals surface area contributed by atoms with E-state index in [4.69, 9.17) is 10.5 Å². The lowest BCUT2D eigenvalue weighted by Crippen LogP contribution is -2.29. The molecule has 0 fully saturated rings. The first-order valence-electron chi connectivity index (χ1n) is 5.81. The summed E-state index contributed by atoms with van der Waals surface area (Å²) >= 11 is 0. The van der Waals surface area contributed by atoms with Crippen molar-refractivity contribution in [2.45, 2.75) is 33.2 Å². The van der Waals surface area contributed by atoms with Gasteiger partial charge in [0.15, 0.2) is 0 Å². The van der Waals surface area contributed by atoms with Crippen LogP contribution < -0.4 is 10.5 Å². The lowest BCUT2D eigenvalue weighted by atomic mass is 9.92. The highest BCUT2D eigenvalue weighted by Crippen LogP contribution is 2.35. The fraction of sp³-hybridized carbons (Fsp3) is 0.429. The van der Waals surface area contributed by atoms with Gasteiger partial charge in [0, 0.05) is 16.6 Å². The van der Waals surface area contributed by atoms with E-state index in [2.05, 4.69) is 24.9 Å². The summed E-state index contributed by atoms with van der Waals surface area (Å²) in [6.45, 7) is 8.17. The Bertz CT molecular complexity index is 562. The Labute approximate surface area is 102 Å². The molecule has 0 radical (unpaired) electrons. The minimum Gasteiger partial charge on any atom is -0.495 e. The molecule has 0 spiro atoms. The third-order valence-corrected chi connectivity index (χ3v) is 3.07. The normalized spacial score (nSPS) is 12.1. The monoisotopic (exact) mass is 232 g/mol. The second-order valence-electron chi connectivity index (χ2n) is 5.24. The second kappa shape index (κ2) is 3.77. The Morgan fingerprint density at radius 1 is 1.24 bits per heavy atom. The maximum absolute atomic E-state index is 6.25. The zero-order valence-corrected chi connectivity index (χ0v) is 11.1. The van der Waals surface area contributed by atoms with E-state index in [0.29, 0.717) is 0 Å². The summed E-state index contributed by atoms with van der Waals surface area (Å²) in [4.78, 5) is 3.38. The van der Waals surface area contributed by atoms with Gasteiger partial charge in [0.25, 0.3) is 0 Å². The van der Waals surface area contributed by atoms with Crippen molar-refractivity contribution in [2.75, 3.05) is 7.11 Å². The summed E-state index contributed by atoms with van der Waals surface area (Å²) in [5, 5.41) is 1.16. The summed E-state index contributed by atoms with van der Waals surface area (Å²) in [6.07, 6.45) is 0. The number of nitrogens with one attached hydrogen (secondary N) is 1. The van der Waals surface area contributed by atoms with Crippen LogP contribution in [0.2, 0.25) is 0 Å². The molecule has 0 bridgehead atoms.